The van der Waals surface area contributed by atoms with E-state index >= 15 is 0 Å². The molecule has 104 valence electrons. The molecule has 2 rings (SSSR count). The summed E-state index contributed by atoms with van der Waals surface area (Å²) in [5, 5.41) is 3.06. The van der Waals surface area contributed by atoms with E-state index in [4.69, 9.17) is 5.73 Å². The van der Waals surface area contributed by atoms with Gasteiger partial charge in [-0.25, -0.2) is 4.98 Å². The van der Waals surface area contributed by atoms with Crippen LogP contribution in [0.1, 0.15) is 27.9 Å². The highest BCUT2D eigenvalue weighted by atomic mass is 32.1. The van der Waals surface area contributed by atoms with E-state index in [1.54, 1.807) is 0 Å². The Morgan fingerprint density at radius 2 is 2.05 bits per heavy atom. The van der Waals surface area contributed by atoms with E-state index < -0.39 is 0 Å². The number of aryl methyl sites for hydroxylation is 2. The topological polar surface area (TPSA) is 85.1 Å². The highest BCUT2D eigenvalue weighted by Gasteiger charge is 2.11. The minimum absolute atomic E-state index is 0.193. The summed E-state index contributed by atoms with van der Waals surface area (Å²) in [6, 6.07) is 7.60. The predicted molar refractivity (Wildman–Crippen MR) is 80.1 cm³/mol. The van der Waals surface area contributed by atoms with Crippen LogP contribution in [0.4, 0.5) is 10.8 Å². The Morgan fingerprint density at radius 3 is 2.65 bits per heavy atom. The number of aldehydes is 1. The highest BCUT2D eigenvalue weighted by molar-refractivity contribution is 7.17. The maximum atomic E-state index is 11.0. The zero-order valence-electron chi connectivity index (χ0n) is 11.1. The number of anilines is 2. The molecule has 0 aliphatic carbocycles. The molecule has 1 aromatic carbocycles. The average Bonchev–Trinajstić information content (AvgIpc) is 2.79. The Balaban J connectivity index is 2.08. The van der Waals surface area contributed by atoms with Crippen LogP contribution in [0.5, 0.6) is 0 Å². The van der Waals surface area contributed by atoms with E-state index in [1.807, 2.05) is 24.3 Å². The molecule has 0 saturated heterocycles. The third-order valence-electron chi connectivity index (χ3n) is 2.75. The van der Waals surface area contributed by atoms with Gasteiger partial charge in [-0.3, -0.25) is 9.59 Å². The molecule has 0 aliphatic heterocycles. The summed E-state index contributed by atoms with van der Waals surface area (Å²) in [6.07, 6.45) is 2.19. The molecule has 0 fully saturated rings. The molecule has 0 unspecified atom stereocenters. The number of thiazole rings is 1. The third kappa shape index (κ3) is 3.64. The van der Waals surface area contributed by atoms with E-state index in [0.717, 1.165) is 24.0 Å². The van der Waals surface area contributed by atoms with Gasteiger partial charge in [0.15, 0.2) is 11.4 Å². The highest BCUT2D eigenvalue weighted by Crippen LogP contribution is 2.22. The van der Waals surface area contributed by atoms with Crippen molar-refractivity contribution in [3.8, 4) is 0 Å². The van der Waals surface area contributed by atoms with E-state index in [9.17, 15) is 9.59 Å². The lowest BCUT2D eigenvalue weighted by atomic mass is 10.1. The maximum absolute atomic E-state index is 11.0. The summed E-state index contributed by atoms with van der Waals surface area (Å²) in [6.45, 7) is 1.41. The molecular formula is C14H15N3O2S. The summed E-state index contributed by atoms with van der Waals surface area (Å²) in [5.74, 6) is -0.193. The molecule has 3 N–H and O–H groups in total. The van der Waals surface area contributed by atoms with E-state index in [-0.39, 0.29) is 5.91 Å². The average molecular weight is 289 g/mol. The summed E-state index contributed by atoms with van der Waals surface area (Å²) in [7, 11) is 0. The van der Waals surface area contributed by atoms with Crippen molar-refractivity contribution in [1.82, 2.24) is 4.98 Å². The summed E-state index contributed by atoms with van der Waals surface area (Å²) in [5.41, 5.74) is 8.20. The van der Waals surface area contributed by atoms with Crippen LogP contribution in [-0.2, 0) is 17.6 Å². The Bertz CT molecular complexity index is 620. The van der Waals surface area contributed by atoms with Crippen LogP contribution in [0.25, 0.3) is 0 Å². The molecule has 0 spiro atoms. The lowest BCUT2D eigenvalue weighted by Gasteiger charge is -2.01. The second-order valence-corrected chi connectivity index (χ2v) is 5.40. The van der Waals surface area contributed by atoms with Crippen LogP contribution in [-0.4, -0.2) is 17.2 Å². The van der Waals surface area contributed by atoms with Crippen molar-refractivity contribution < 1.29 is 9.59 Å². The van der Waals surface area contributed by atoms with Crippen LogP contribution in [0.3, 0.4) is 0 Å². The van der Waals surface area contributed by atoms with Crippen molar-refractivity contribution in [1.29, 1.82) is 0 Å². The standard InChI is InChI=1S/C14H15N3O2S/c1-9(19)16-14-17-12(13(8-18)20-14)7-4-10-2-5-11(15)6-3-10/h2-3,5-6,8H,4,7,15H2,1H3,(H,16,17,19). The molecule has 1 aromatic heterocycles. The summed E-state index contributed by atoms with van der Waals surface area (Å²) >= 11 is 1.19. The zero-order chi connectivity index (χ0) is 14.5. The van der Waals surface area contributed by atoms with Crippen LogP contribution in [0, 0.1) is 0 Å². The molecule has 2 aromatic rings. The number of nitrogens with two attached hydrogens (primary N) is 1. The molecule has 1 heterocycles. The number of aromatic nitrogens is 1. The van der Waals surface area contributed by atoms with Crippen LogP contribution in [0.2, 0.25) is 0 Å². The number of rotatable bonds is 5. The molecule has 0 radical (unpaired) electrons. The molecule has 0 atom stereocenters. The van der Waals surface area contributed by atoms with Gasteiger partial charge in [-0.05, 0) is 30.5 Å². The van der Waals surface area contributed by atoms with E-state index in [0.29, 0.717) is 22.1 Å². The normalized spacial score (nSPS) is 10.2. The van der Waals surface area contributed by atoms with Crippen LogP contribution < -0.4 is 11.1 Å². The molecule has 0 aliphatic rings. The van der Waals surface area contributed by atoms with Gasteiger partial charge in [-0.2, -0.15) is 0 Å². The van der Waals surface area contributed by atoms with Gasteiger partial charge in [-0.1, -0.05) is 23.5 Å². The lowest BCUT2D eigenvalue weighted by molar-refractivity contribution is -0.114. The number of benzene rings is 1. The van der Waals surface area contributed by atoms with Gasteiger partial charge in [0.05, 0.1) is 10.6 Å². The van der Waals surface area contributed by atoms with Crippen molar-refractivity contribution in [3.05, 3.63) is 40.4 Å². The van der Waals surface area contributed by atoms with Crippen molar-refractivity contribution in [3.63, 3.8) is 0 Å². The summed E-state index contributed by atoms with van der Waals surface area (Å²) < 4.78 is 0. The van der Waals surface area contributed by atoms with Gasteiger partial charge in [0.1, 0.15) is 0 Å². The van der Waals surface area contributed by atoms with E-state index in [1.165, 1.54) is 18.3 Å². The zero-order valence-corrected chi connectivity index (χ0v) is 11.9. The smallest absolute Gasteiger partial charge is 0.223 e. The molecule has 20 heavy (non-hydrogen) atoms. The molecule has 0 bridgehead atoms. The second kappa shape index (κ2) is 6.29. The Kier molecular flexibility index (Phi) is 4.47. The molecule has 1 amide bonds. The Morgan fingerprint density at radius 1 is 1.35 bits per heavy atom. The maximum Gasteiger partial charge on any atom is 0.223 e. The SMILES string of the molecule is CC(=O)Nc1nc(CCc2ccc(N)cc2)c(C=O)s1. The largest absolute Gasteiger partial charge is 0.399 e. The molecule has 6 heteroatoms. The number of carbonyl (C=O) groups is 2. The van der Waals surface area contributed by atoms with Crippen LogP contribution in [0.15, 0.2) is 24.3 Å². The first kappa shape index (κ1) is 14.2. The monoisotopic (exact) mass is 289 g/mol. The number of hydrogen-bond acceptors (Lipinski definition) is 5. The molecule has 0 saturated carbocycles. The van der Waals surface area contributed by atoms with E-state index in [2.05, 4.69) is 10.3 Å². The fraction of sp³-hybridized carbons (Fsp3) is 0.214. The fourth-order valence-electron chi connectivity index (χ4n) is 1.79. The number of nitrogens with one attached hydrogen (secondary N) is 1. The first-order valence-electron chi connectivity index (χ1n) is 6.15. The third-order valence-corrected chi connectivity index (χ3v) is 3.69. The predicted octanol–water partition coefficient (Wildman–Crippen LogP) is 2.28. The molecular weight excluding hydrogens is 274 g/mol. The molecule has 5 nitrogen and oxygen atoms in total. The number of amides is 1. The quantitative estimate of drug-likeness (QED) is 0.653. The van der Waals surface area contributed by atoms with Gasteiger partial charge < -0.3 is 11.1 Å². The van der Waals surface area contributed by atoms with Crippen molar-refractivity contribution in [2.45, 2.75) is 19.8 Å². The number of carbonyl (C=O) groups excluding carboxylic acids is 2. The Labute approximate surface area is 120 Å². The first-order chi connectivity index (χ1) is 9.58. The van der Waals surface area contributed by atoms with Gasteiger partial charge in [0.25, 0.3) is 0 Å². The van der Waals surface area contributed by atoms with Gasteiger partial charge >= 0.3 is 0 Å². The van der Waals surface area contributed by atoms with Gasteiger partial charge in [0, 0.05) is 12.6 Å². The lowest BCUT2D eigenvalue weighted by Crippen LogP contribution is -2.05. The summed E-state index contributed by atoms with van der Waals surface area (Å²) in [4.78, 5) is 26.9. The fourth-order valence-corrected chi connectivity index (χ4v) is 2.66. The minimum Gasteiger partial charge on any atom is -0.399 e. The van der Waals surface area contributed by atoms with Crippen LogP contribution >= 0.6 is 11.3 Å². The van der Waals surface area contributed by atoms with Crippen molar-refractivity contribution in [2.24, 2.45) is 0 Å². The van der Waals surface area contributed by atoms with Gasteiger partial charge in [0.2, 0.25) is 5.91 Å². The van der Waals surface area contributed by atoms with Gasteiger partial charge in [-0.15, -0.1) is 0 Å². The Hall–Kier alpha value is -2.21. The number of nitrogen functional groups attached to an aromatic ring is 1. The first-order valence-corrected chi connectivity index (χ1v) is 6.97. The minimum atomic E-state index is -0.193. The van der Waals surface area contributed by atoms with Crippen molar-refractivity contribution in [2.75, 3.05) is 11.1 Å². The second-order valence-electron chi connectivity index (χ2n) is 4.37. The number of nitrogens with zero attached hydrogens (tertiary/aromatic N) is 1. The van der Waals surface area contributed by atoms with Crippen molar-refractivity contribution >= 4 is 34.3 Å². The number of hydrogen-bond donors (Lipinski definition) is 2.